The highest BCUT2D eigenvalue weighted by atomic mass is 31.2. The SMILES string of the molecule is COP(Oc1c(C)cc(C(C)(C)C)cc1C(C)(C)C)Oc1c(C)cc(C(C)(C)C)cc1C(C)(C)C.Cc1cc(C(C)(C)C)cc(C(C)(C)C)c1C(c1c(C)cc(C(C)(C)C)cc1C(C)(C)C)[P+](O)(O)O. The topological polar surface area (TPSA) is 88.4 Å². The maximum atomic E-state index is 11.1. The quantitative estimate of drug-likeness (QED) is 0.152. The highest BCUT2D eigenvalue weighted by molar-refractivity contribution is 7.59. The molecule has 4 aromatic rings. The summed E-state index contributed by atoms with van der Waals surface area (Å²) in [6.07, 6.45) is 0. The molecule has 0 saturated carbocycles. The average Bonchev–Trinajstić information content (AvgIpc) is 3.13. The second kappa shape index (κ2) is 20.8. The summed E-state index contributed by atoms with van der Waals surface area (Å²) in [4.78, 5) is 33.3. The van der Waals surface area contributed by atoms with Crippen LogP contribution in [0.4, 0.5) is 0 Å². The van der Waals surface area contributed by atoms with E-state index in [0.29, 0.717) is 0 Å². The zero-order valence-electron chi connectivity index (χ0n) is 49.7. The maximum Gasteiger partial charge on any atom is 0.462 e. The van der Waals surface area contributed by atoms with Crippen molar-refractivity contribution in [1.82, 2.24) is 0 Å². The lowest BCUT2D eigenvalue weighted by Crippen LogP contribution is -2.26. The van der Waals surface area contributed by atoms with E-state index in [9.17, 15) is 14.7 Å². The van der Waals surface area contributed by atoms with E-state index in [2.05, 4.69) is 229 Å². The second-order valence-electron chi connectivity index (χ2n) is 28.5. The first kappa shape index (κ1) is 61.5. The Morgan fingerprint density at radius 2 is 0.586 bits per heavy atom. The molecule has 0 spiro atoms. The molecule has 0 heterocycles. The molecule has 0 bridgehead atoms. The number of rotatable bonds is 8. The molecular weight excluding hydrogens is 903 g/mol. The Morgan fingerprint density at radius 1 is 0.357 bits per heavy atom. The predicted molar refractivity (Wildman–Crippen MR) is 305 cm³/mol. The van der Waals surface area contributed by atoms with Crippen molar-refractivity contribution >= 4 is 16.5 Å². The number of benzene rings is 4. The van der Waals surface area contributed by atoms with E-state index in [-0.39, 0.29) is 43.3 Å². The summed E-state index contributed by atoms with van der Waals surface area (Å²) in [6, 6.07) is 17.8. The third-order valence-electron chi connectivity index (χ3n) is 13.4. The van der Waals surface area contributed by atoms with Crippen LogP contribution in [0.3, 0.4) is 0 Å². The monoisotopic (exact) mass is 1000 g/mol. The van der Waals surface area contributed by atoms with Gasteiger partial charge in [0.25, 0.3) is 0 Å². The molecule has 8 heteroatoms. The van der Waals surface area contributed by atoms with Crippen molar-refractivity contribution in [1.29, 1.82) is 0 Å². The Balaban J connectivity index is 0.000000370. The van der Waals surface area contributed by atoms with E-state index < -0.39 is 22.2 Å². The van der Waals surface area contributed by atoms with Crippen LogP contribution in [0.2, 0.25) is 0 Å². The van der Waals surface area contributed by atoms with Crippen molar-refractivity contribution < 1.29 is 28.3 Å². The third kappa shape index (κ3) is 15.1. The van der Waals surface area contributed by atoms with Crippen LogP contribution in [0.15, 0.2) is 48.5 Å². The van der Waals surface area contributed by atoms with Gasteiger partial charge in [0.2, 0.25) is 5.66 Å². The van der Waals surface area contributed by atoms with Crippen LogP contribution in [0.5, 0.6) is 11.5 Å². The van der Waals surface area contributed by atoms with Gasteiger partial charge in [-0.3, -0.25) is 4.52 Å². The Kier molecular flexibility index (Phi) is 18.3. The van der Waals surface area contributed by atoms with Crippen LogP contribution < -0.4 is 9.05 Å². The average molecular weight is 1000 g/mol. The van der Waals surface area contributed by atoms with E-state index in [4.69, 9.17) is 13.6 Å². The summed E-state index contributed by atoms with van der Waals surface area (Å²) in [6.45, 7) is 61.3. The van der Waals surface area contributed by atoms with Crippen LogP contribution in [0.1, 0.15) is 250 Å². The van der Waals surface area contributed by atoms with Crippen LogP contribution in [0, 0.1) is 27.7 Å². The highest BCUT2D eigenvalue weighted by Gasteiger charge is 2.50. The second-order valence-corrected chi connectivity index (χ2v) is 31.4. The molecule has 3 N–H and O–H groups in total. The molecule has 0 aliphatic carbocycles. The lowest BCUT2D eigenvalue weighted by Gasteiger charge is -2.35. The third-order valence-corrected chi connectivity index (χ3v) is 15.6. The first-order valence-electron chi connectivity index (χ1n) is 25.4. The molecule has 392 valence electrons. The molecule has 70 heavy (non-hydrogen) atoms. The van der Waals surface area contributed by atoms with Gasteiger partial charge in [0.15, 0.2) is 0 Å². The first-order chi connectivity index (χ1) is 31.0. The van der Waals surface area contributed by atoms with E-state index in [1.165, 1.54) is 33.4 Å². The summed E-state index contributed by atoms with van der Waals surface area (Å²) < 4.78 is 18.9. The Labute approximate surface area is 430 Å². The molecule has 6 nitrogen and oxygen atoms in total. The summed E-state index contributed by atoms with van der Waals surface area (Å²) in [5, 5.41) is 0. The van der Waals surface area contributed by atoms with Crippen molar-refractivity contribution in [3.63, 3.8) is 0 Å². The van der Waals surface area contributed by atoms with E-state index in [1.807, 2.05) is 13.8 Å². The maximum absolute atomic E-state index is 11.1. The molecule has 0 amide bonds. The van der Waals surface area contributed by atoms with Crippen molar-refractivity contribution in [3.8, 4) is 11.5 Å². The number of hydrogen-bond donors (Lipinski definition) is 3. The Morgan fingerprint density at radius 3 is 0.786 bits per heavy atom. The largest absolute Gasteiger partial charge is 0.462 e. The van der Waals surface area contributed by atoms with Crippen molar-refractivity contribution in [2.45, 2.75) is 243 Å². The fraction of sp³-hybridized carbons (Fsp3) is 0.613. The van der Waals surface area contributed by atoms with Crippen LogP contribution in [-0.2, 0) is 47.8 Å². The van der Waals surface area contributed by atoms with Gasteiger partial charge >= 0.3 is 16.5 Å². The minimum atomic E-state index is -4.33. The molecule has 4 rings (SSSR count). The minimum absolute atomic E-state index is 0.0521. The van der Waals surface area contributed by atoms with Gasteiger partial charge in [0.1, 0.15) is 11.5 Å². The van der Waals surface area contributed by atoms with Crippen LogP contribution in [-0.4, -0.2) is 21.8 Å². The van der Waals surface area contributed by atoms with Gasteiger partial charge < -0.3 is 9.05 Å². The normalized spacial score (nSPS) is 13.7. The van der Waals surface area contributed by atoms with E-state index >= 15 is 0 Å². The smallest absolute Gasteiger partial charge is 0.417 e. The van der Waals surface area contributed by atoms with Crippen LogP contribution in [0.25, 0.3) is 0 Å². The van der Waals surface area contributed by atoms with Gasteiger partial charge in [-0.1, -0.05) is 215 Å². The Bertz CT molecular complexity index is 2300. The molecule has 0 fully saturated rings. The van der Waals surface area contributed by atoms with Gasteiger partial charge in [-0.05, 0) is 127 Å². The molecule has 0 saturated heterocycles. The lowest BCUT2D eigenvalue weighted by atomic mass is 9.72. The van der Waals surface area contributed by atoms with Crippen molar-refractivity contribution in [3.05, 3.63) is 126 Å². The van der Waals surface area contributed by atoms with Crippen molar-refractivity contribution in [2.24, 2.45) is 0 Å². The zero-order valence-corrected chi connectivity index (χ0v) is 51.4. The first-order valence-corrected chi connectivity index (χ1v) is 28.2. The number of hydrogen-bond acceptors (Lipinski definition) is 6. The van der Waals surface area contributed by atoms with Gasteiger partial charge in [-0.25, -0.2) is 0 Å². The molecule has 4 aromatic carbocycles. The highest BCUT2D eigenvalue weighted by Crippen LogP contribution is 2.66. The fourth-order valence-electron chi connectivity index (χ4n) is 8.93. The molecule has 0 atom stereocenters. The Hall–Kier alpha value is -2.82. The zero-order chi connectivity index (χ0) is 54.7. The minimum Gasteiger partial charge on any atom is -0.417 e. The molecule has 0 aliphatic heterocycles. The molecular formula is C62H99O6P2+. The van der Waals surface area contributed by atoms with E-state index in [0.717, 1.165) is 56.0 Å². The summed E-state index contributed by atoms with van der Waals surface area (Å²) in [5.41, 5.74) is 13.7. The molecule has 0 radical (unpaired) electrons. The predicted octanol–water partition coefficient (Wildman–Crippen LogP) is 18.1. The van der Waals surface area contributed by atoms with Gasteiger partial charge in [0, 0.05) is 29.4 Å². The standard InChI is InChI=1S/C31H49O3P.C31H50O3P/c1-20-16-22(28(3,4)5)18-24(30(9,10)11)26(20)33-35(32-15)34-27-21(2)17-23(29(6,7)8)19-25(27)31(12,13)14;1-19-15-21(28(3,4)5)17-23(30(9,10)11)25(19)27(35(32,33)34)26-20(2)16-22(29(6,7)8)18-24(26)31(12,13)14/h16-19H,1-15H3;15-18,27,32-34H,1-14H3/q;+1. The summed E-state index contributed by atoms with van der Waals surface area (Å²) in [5.74, 6) is 1.72. The lowest BCUT2D eigenvalue weighted by molar-refractivity contribution is 0.315. The summed E-state index contributed by atoms with van der Waals surface area (Å²) in [7, 11) is -4.31. The van der Waals surface area contributed by atoms with Crippen molar-refractivity contribution in [2.75, 3.05) is 7.11 Å². The fourth-order valence-corrected chi connectivity index (χ4v) is 11.3. The van der Waals surface area contributed by atoms with Gasteiger partial charge in [0.05, 0.1) is 0 Å². The van der Waals surface area contributed by atoms with Gasteiger partial charge in [-0.2, -0.15) is 14.7 Å². The van der Waals surface area contributed by atoms with E-state index in [1.54, 1.807) is 7.11 Å². The van der Waals surface area contributed by atoms with Gasteiger partial charge in [-0.15, -0.1) is 0 Å². The molecule has 0 unspecified atom stereocenters. The van der Waals surface area contributed by atoms with Crippen LogP contribution >= 0.6 is 16.5 Å². The molecule has 0 aliphatic rings. The number of aryl methyl sites for hydroxylation is 4. The summed E-state index contributed by atoms with van der Waals surface area (Å²) >= 11 is 0. The molecule has 0 aromatic heterocycles.